The third kappa shape index (κ3) is 2.83. The molecule has 0 aliphatic rings. The van der Waals surface area contributed by atoms with E-state index in [1.165, 1.54) is 0 Å². The van der Waals surface area contributed by atoms with Crippen LogP contribution < -0.4 is 11.5 Å². The molecule has 0 unspecified atom stereocenters. The first-order valence-electron chi connectivity index (χ1n) is 5.44. The van der Waals surface area contributed by atoms with Crippen molar-refractivity contribution in [1.29, 1.82) is 5.26 Å². The molecule has 0 fully saturated rings. The molecule has 0 saturated heterocycles. The van der Waals surface area contributed by atoms with Crippen molar-refractivity contribution >= 4 is 23.4 Å². The Labute approximate surface area is 122 Å². The molecule has 21 heavy (non-hydrogen) atoms. The Morgan fingerprint density at radius 3 is 2.43 bits per heavy atom. The average Bonchev–Trinajstić information content (AvgIpc) is 2.36. The molecular formula is C12H7ClF3N5. The summed E-state index contributed by atoms with van der Waals surface area (Å²) in [5.41, 5.74) is 8.91. The van der Waals surface area contributed by atoms with Gasteiger partial charge in [0.1, 0.15) is 17.5 Å². The van der Waals surface area contributed by atoms with Gasteiger partial charge in [0.05, 0.1) is 11.3 Å². The van der Waals surface area contributed by atoms with Crippen molar-refractivity contribution in [2.75, 3.05) is 11.5 Å². The van der Waals surface area contributed by atoms with E-state index in [1.54, 1.807) is 6.07 Å². The zero-order valence-corrected chi connectivity index (χ0v) is 11.0. The number of benzene rings is 1. The normalized spacial score (nSPS) is 11.2. The topological polar surface area (TPSA) is 102 Å². The van der Waals surface area contributed by atoms with Crippen molar-refractivity contribution in [3.63, 3.8) is 0 Å². The fourth-order valence-corrected chi connectivity index (χ4v) is 1.93. The number of rotatable bonds is 1. The van der Waals surface area contributed by atoms with Crippen LogP contribution in [-0.2, 0) is 6.18 Å². The van der Waals surface area contributed by atoms with Crippen molar-refractivity contribution < 1.29 is 13.2 Å². The van der Waals surface area contributed by atoms with E-state index >= 15 is 0 Å². The van der Waals surface area contributed by atoms with Gasteiger partial charge < -0.3 is 11.5 Å². The highest BCUT2D eigenvalue weighted by molar-refractivity contribution is 6.30. The van der Waals surface area contributed by atoms with E-state index in [0.29, 0.717) is 0 Å². The molecule has 0 atom stereocenters. The molecule has 4 N–H and O–H groups in total. The Morgan fingerprint density at radius 1 is 1.19 bits per heavy atom. The predicted octanol–water partition coefficient (Wildman–Crippen LogP) is 2.85. The molecule has 1 heterocycles. The Balaban J connectivity index is 2.85. The van der Waals surface area contributed by atoms with Gasteiger partial charge in [0, 0.05) is 10.6 Å². The Kier molecular flexibility index (Phi) is 3.61. The number of nitrogens with two attached hydrogens (primary N) is 2. The van der Waals surface area contributed by atoms with E-state index in [1.807, 2.05) is 0 Å². The minimum Gasteiger partial charge on any atom is -0.382 e. The lowest BCUT2D eigenvalue weighted by Gasteiger charge is -2.14. The average molecular weight is 314 g/mol. The molecule has 9 heteroatoms. The van der Waals surface area contributed by atoms with Crippen molar-refractivity contribution in [3.05, 3.63) is 34.3 Å². The van der Waals surface area contributed by atoms with Gasteiger partial charge in [0.2, 0.25) is 5.95 Å². The fraction of sp³-hybridized carbons (Fsp3) is 0.0833. The van der Waals surface area contributed by atoms with Crippen LogP contribution in [0.15, 0.2) is 18.2 Å². The quantitative estimate of drug-likeness (QED) is 0.843. The molecule has 0 radical (unpaired) electrons. The maximum atomic E-state index is 13.1. The summed E-state index contributed by atoms with van der Waals surface area (Å²) in [7, 11) is 0. The van der Waals surface area contributed by atoms with Crippen LogP contribution in [0, 0.1) is 11.3 Å². The van der Waals surface area contributed by atoms with Gasteiger partial charge in [-0.3, -0.25) is 0 Å². The standard InChI is InChI=1S/C12H7ClF3N5/c13-5-1-2-8(12(14,15)16)6(3-5)9-7(4-17)10(18)21-11(19)20-9/h1-3H,(H4,18,19,20,21). The molecule has 2 aromatic rings. The maximum Gasteiger partial charge on any atom is 0.417 e. The second-order valence-corrected chi connectivity index (χ2v) is 4.43. The summed E-state index contributed by atoms with van der Waals surface area (Å²) < 4.78 is 39.2. The highest BCUT2D eigenvalue weighted by Crippen LogP contribution is 2.39. The summed E-state index contributed by atoms with van der Waals surface area (Å²) in [4.78, 5) is 7.25. The molecular weight excluding hydrogens is 307 g/mol. The number of nitriles is 1. The van der Waals surface area contributed by atoms with Crippen molar-refractivity contribution in [2.24, 2.45) is 0 Å². The smallest absolute Gasteiger partial charge is 0.382 e. The summed E-state index contributed by atoms with van der Waals surface area (Å²) in [5, 5.41) is 9.10. The summed E-state index contributed by atoms with van der Waals surface area (Å²) in [5.74, 6) is -0.636. The number of hydrogen-bond donors (Lipinski definition) is 2. The van der Waals surface area contributed by atoms with Crippen molar-refractivity contribution in [2.45, 2.75) is 6.18 Å². The van der Waals surface area contributed by atoms with Gasteiger partial charge in [-0.05, 0) is 18.2 Å². The molecule has 1 aromatic carbocycles. The molecule has 0 aliphatic carbocycles. The predicted molar refractivity (Wildman–Crippen MR) is 71.0 cm³/mol. The molecule has 0 saturated carbocycles. The van der Waals surface area contributed by atoms with E-state index in [4.69, 9.17) is 28.3 Å². The number of anilines is 2. The minimum absolute atomic E-state index is 0.0534. The molecule has 5 nitrogen and oxygen atoms in total. The molecule has 2 rings (SSSR count). The SMILES string of the molecule is N#Cc1c(N)nc(N)nc1-c1cc(Cl)ccc1C(F)(F)F. The second kappa shape index (κ2) is 5.10. The largest absolute Gasteiger partial charge is 0.417 e. The van der Waals surface area contributed by atoms with Crippen LogP contribution in [0.4, 0.5) is 24.9 Å². The first kappa shape index (κ1) is 14.9. The monoisotopic (exact) mass is 313 g/mol. The number of nitrogens with zero attached hydrogens (tertiary/aromatic N) is 3. The van der Waals surface area contributed by atoms with E-state index < -0.39 is 11.7 Å². The van der Waals surface area contributed by atoms with E-state index in [0.717, 1.165) is 18.2 Å². The lowest BCUT2D eigenvalue weighted by Crippen LogP contribution is -2.10. The molecule has 0 spiro atoms. The zero-order chi connectivity index (χ0) is 15.8. The second-order valence-electron chi connectivity index (χ2n) is 3.99. The van der Waals surface area contributed by atoms with Gasteiger partial charge in [-0.1, -0.05) is 11.6 Å². The first-order chi connectivity index (χ1) is 9.74. The van der Waals surface area contributed by atoms with Gasteiger partial charge in [0.15, 0.2) is 0 Å². The van der Waals surface area contributed by atoms with Gasteiger partial charge >= 0.3 is 6.18 Å². The van der Waals surface area contributed by atoms with E-state index in [9.17, 15) is 13.2 Å². The highest BCUT2D eigenvalue weighted by Gasteiger charge is 2.35. The Hall–Kier alpha value is -2.53. The number of alkyl halides is 3. The van der Waals surface area contributed by atoms with Crippen LogP contribution >= 0.6 is 11.6 Å². The Bertz CT molecular complexity index is 752. The Morgan fingerprint density at radius 2 is 1.86 bits per heavy atom. The van der Waals surface area contributed by atoms with E-state index in [2.05, 4.69) is 9.97 Å². The van der Waals surface area contributed by atoms with E-state index in [-0.39, 0.29) is 33.6 Å². The van der Waals surface area contributed by atoms with Gasteiger partial charge in [-0.2, -0.15) is 23.4 Å². The highest BCUT2D eigenvalue weighted by atomic mass is 35.5. The third-order valence-electron chi connectivity index (χ3n) is 2.61. The van der Waals surface area contributed by atoms with Gasteiger partial charge in [-0.15, -0.1) is 0 Å². The van der Waals surface area contributed by atoms with Crippen LogP contribution in [0.25, 0.3) is 11.3 Å². The van der Waals surface area contributed by atoms with Crippen molar-refractivity contribution in [1.82, 2.24) is 9.97 Å². The summed E-state index contributed by atoms with van der Waals surface area (Å²) in [6.07, 6.45) is -4.65. The number of aromatic nitrogens is 2. The molecule has 108 valence electrons. The number of hydrogen-bond acceptors (Lipinski definition) is 5. The first-order valence-corrected chi connectivity index (χ1v) is 5.82. The zero-order valence-electron chi connectivity index (χ0n) is 10.2. The van der Waals surface area contributed by atoms with Gasteiger partial charge in [-0.25, -0.2) is 4.98 Å². The summed E-state index contributed by atoms with van der Waals surface area (Å²) in [6, 6.07) is 4.61. The van der Waals surface area contributed by atoms with Crippen LogP contribution in [0.1, 0.15) is 11.1 Å². The van der Waals surface area contributed by atoms with Crippen LogP contribution in [0.5, 0.6) is 0 Å². The molecule has 0 bridgehead atoms. The van der Waals surface area contributed by atoms with Crippen LogP contribution in [0.2, 0.25) is 5.02 Å². The molecule has 0 aliphatic heterocycles. The maximum absolute atomic E-state index is 13.1. The molecule has 1 aromatic heterocycles. The lowest BCUT2D eigenvalue weighted by atomic mass is 10.0. The lowest BCUT2D eigenvalue weighted by molar-refractivity contribution is -0.137. The van der Waals surface area contributed by atoms with Crippen LogP contribution in [-0.4, -0.2) is 9.97 Å². The number of nitrogen functional groups attached to an aromatic ring is 2. The summed E-state index contributed by atoms with van der Waals surface area (Å²) in [6.45, 7) is 0. The minimum atomic E-state index is -4.65. The fourth-order valence-electron chi connectivity index (χ4n) is 1.76. The van der Waals surface area contributed by atoms with Crippen molar-refractivity contribution in [3.8, 4) is 17.3 Å². The third-order valence-corrected chi connectivity index (χ3v) is 2.84. The summed E-state index contributed by atoms with van der Waals surface area (Å²) >= 11 is 5.74. The van der Waals surface area contributed by atoms with Gasteiger partial charge in [0.25, 0.3) is 0 Å². The van der Waals surface area contributed by atoms with Crippen LogP contribution in [0.3, 0.4) is 0 Å². The number of halogens is 4. The molecule has 0 amide bonds.